The average molecular weight is 399 g/mol. The van der Waals surface area contributed by atoms with Crippen LogP contribution in [0.25, 0.3) is 0 Å². The molecular weight excluding hydrogens is 352 g/mol. The van der Waals surface area contributed by atoms with Gasteiger partial charge in [-0.05, 0) is 111 Å². The normalized spacial score (nSPS) is 47.8. The van der Waals surface area contributed by atoms with Gasteiger partial charge in [-0.15, -0.1) is 6.58 Å². The molecule has 1 unspecified atom stereocenters. The molecule has 0 bridgehead atoms. The van der Waals surface area contributed by atoms with Gasteiger partial charge in [0.25, 0.3) is 0 Å². The Morgan fingerprint density at radius 1 is 1.03 bits per heavy atom. The second-order valence-electron chi connectivity index (χ2n) is 12.4. The fourth-order valence-electron chi connectivity index (χ4n) is 9.42. The Kier molecular flexibility index (Phi) is 5.84. The molecule has 0 spiro atoms. The first kappa shape index (κ1) is 21.6. The lowest BCUT2D eigenvalue weighted by atomic mass is 9.43. The summed E-state index contributed by atoms with van der Waals surface area (Å²) in [6.07, 6.45) is 14.5. The number of Topliss-reactive ketones (excluding diaryl/α,β-unsaturated/α-hetero) is 1. The summed E-state index contributed by atoms with van der Waals surface area (Å²) < 4.78 is 0. The highest BCUT2D eigenvalue weighted by molar-refractivity contribution is 5.82. The number of fused-ring (bicyclic) bond motifs is 5. The van der Waals surface area contributed by atoms with Crippen LogP contribution in [0.1, 0.15) is 105 Å². The first-order valence-corrected chi connectivity index (χ1v) is 12.9. The van der Waals surface area contributed by atoms with Gasteiger partial charge < -0.3 is 0 Å². The Morgan fingerprint density at radius 3 is 2.45 bits per heavy atom. The van der Waals surface area contributed by atoms with Crippen LogP contribution >= 0.6 is 0 Å². The topological polar surface area (TPSA) is 17.1 Å². The van der Waals surface area contributed by atoms with Crippen LogP contribution in [0.2, 0.25) is 0 Å². The zero-order valence-electron chi connectivity index (χ0n) is 19.9. The molecule has 0 aromatic rings. The molecule has 0 aromatic carbocycles. The molecule has 4 fully saturated rings. The monoisotopic (exact) mass is 398 g/mol. The number of carbonyl (C=O) groups is 1. The molecule has 9 atom stereocenters. The van der Waals surface area contributed by atoms with Crippen LogP contribution in [0.5, 0.6) is 0 Å². The highest BCUT2D eigenvalue weighted by atomic mass is 16.1. The number of carbonyl (C=O) groups excluding carboxylic acids is 1. The van der Waals surface area contributed by atoms with E-state index in [4.69, 9.17) is 0 Å². The van der Waals surface area contributed by atoms with Crippen LogP contribution in [0.15, 0.2) is 12.2 Å². The third-order valence-corrected chi connectivity index (χ3v) is 11.0. The lowest BCUT2D eigenvalue weighted by Crippen LogP contribution is -2.55. The lowest BCUT2D eigenvalue weighted by molar-refractivity contribution is -0.150. The summed E-state index contributed by atoms with van der Waals surface area (Å²) in [4.78, 5) is 12.4. The summed E-state index contributed by atoms with van der Waals surface area (Å²) in [6.45, 7) is 16.3. The largest absolute Gasteiger partial charge is 0.299 e. The van der Waals surface area contributed by atoms with E-state index in [1.54, 1.807) is 0 Å². The Morgan fingerprint density at radius 2 is 1.72 bits per heavy atom. The summed E-state index contributed by atoms with van der Waals surface area (Å²) >= 11 is 0. The van der Waals surface area contributed by atoms with Crippen molar-refractivity contribution in [2.75, 3.05) is 0 Å². The smallest absolute Gasteiger partial charge is 0.136 e. The van der Waals surface area contributed by atoms with Crippen molar-refractivity contribution in [1.82, 2.24) is 0 Å². The first-order chi connectivity index (χ1) is 13.7. The van der Waals surface area contributed by atoms with Gasteiger partial charge >= 0.3 is 0 Å². The van der Waals surface area contributed by atoms with Crippen LogP contribution < -0.4 is 0 Å². The number of hydrogen-bond donors (Lipinski definition) is 0. The van der Waals surface area contributed by atoms with Crippen LogP contribution in [0.4, 0.5) is 0 Å². The summed E-state index contributed by atoms with van der Waals surface area (Å²) in [6, 6.07) is 0. The average Bonchev–Trinajstić information content (AvgIpc) is 3.02. The van der Waals surface area contributed by atoms with Crippen molar-refractivity contribution < 1.29 is 4.79 Å². The van der Waals surface area contributed by atoms with Crippen LogP contribution in [0.3, 0.4) is 0 Å². The second-order valence-corrected chi connectivity index (χ2v) is 12.4. The van der Waals surface area contributed by atoms with E-state index in [0.717, 1.165) is 36.0 Å². The molecule has 0 aromatic heterocycles. The predicted octanol–water partition coefficient (Wildman–Crippen LogP) is 7.84. The zero-order chi connectivity index (χ0) is 21.0. The van der Waals surface area contributed by atoms with Crippen molar-refractivity contribution in [2.24, 2.45) is 52.3 Å². The molecule has 4 aliphatic rings. The van der Waals surface area contributed by atoms with Gasteiger partial charge in [-0.2, -0.15) is 0 Å². The van der Waals surface area contributed by atoms with E-state index >= 15 is 0 Å². The molecule has 164 valence electrons. The molecule has 0 heterocycles. The molecule has 0 radical (unpaired) electrons. The van der Waals surface area contributed by atoms with Crippen molar-refractivity contribution in [3.63, 3.8) is 0 Å². The summed E-state index contributed by atoms with van der Waals surface area (Å²) in [5, 5.41) is 0. The van der Waals surface area contributed by atoms with Crippen molar-refractivity contribution in [3.05, 3.63) is 12.2 Å². The number of hydrogen-bond acceptors (Lipinski definition) is 1. The van der Waals surface area contributed by atoms with Gasteiger partial charge in [0.15, 0.2) is 0 Å². The van der Waals surface area contributed by atoms with E-state index < -0.39 is 0 Å². The SMILES string of the molecule is C=C(C)CCC[C@@H](C)[C@H]1CC[C@H]2[C@@H]3CCC4[C@H](C)C(=O)CC[C@]4(C)[C@H]3CC[C@]12C. The Bertz CT molecular complexity index is 649. The number of allylic oxidation sites excluding steroid dienone is 1. The maximum Gasteiger partial charge on any atom is 0.136 e. The first-order valence-electron chi connectivity index (χ1n) is 12.9. The Hall–Kier alpha value is -0.590. The second kappa shape index (κ2) is 7.83. The highest BCUT2D eigenvalue weighted by Gasteiger charge is 2.61. The van der Waals surface area contributed by atoms with Gasteiger partial charge in [0, 0.05) is 12.3 Å². The van der Waals surface area contributed by atoms with Crippen LogP contribution in [-0.2, 0) is 4.79 Å². The molecule has 0 aliphatic heterocycles. The van der Waals surface area contributed by atoms with E-state index in [9.17, 15) is 4.79 Å². The maximum absolute atomic E-state index is 12.4. The minimum atomic E-state index is 0.313. The van der Waals surface area contributed by atoms with Crippen molar-refractivity contribution in [2.45, 2.75) is 105 Å². The van der Waals surface area contributed by atoms with Crippen LogP contribution in [0, 0.1) is 52.3 Å². The van der Waals surface area contributed by atoms with Crippen molar-refractivity contribution >= 4 is 5.78 Å². The van der Waals surface area contributed by atoms with Gasteiger partial charge in [0.1, 0.15) is 5.78 Å². The maximum atomic E-state index is 12.4. The van der Waals surface area contributed by atoms with Gasteiger partial charge in [-0.3, -0.25) is 4.79 Å². The molecule has 1 nitrogen and oxygen atoms in total. The van der Waals surface area contributed by atoms with Crippen molar-refractivity contribution in [1.29, 1.82) is 0 Å². The molecular formula is C28H46O. The lowest BCUT2D eigenvalue weighted by Gasteiger charge is -2.61. The van der Waals surface area contributed by atoms with E-state index in [1.165, 1.54) is 69.8 Å². The Balaban J connectivity index is 1.49. The summed E-state index contributed by atoms with van der Waals surface area (Å²) in [5.41, 5.74) is 2.35. The third-order valence-electron chi connectivity index (χ3n) is 11.0. The Labute approximate surface area is 180 Å². The zero-order valence-corrected chi connectivity index (χ0v) is 19.9. The standard InChI is InChI=1S/C28H46O/c1-18(2)8-7-9-19(3)22-12-13-24-21-10-11-23-20(4)26(29)15-17-28(23,6)25(21)14-16-27(22,24)5/h19-25H,1,7-17H2,2-6H3/t19-,20+,21+,22-,23?,24+,25+,27-,28+/m1/s1. The summed E-state index contributed by atoms with van der Waals surface area (Å²) in [7, 11) is 0. The molecule has 0 saturated heterocycles. The van der Waals surface area contributed by atoms with E-state index in [1.807, 2.05) is 0 Å². The molecule has 4 saturated carbocycles. The molecule has 0 N–H and O–H groups in total. The fourth-order valence-corrected chi connectivity index (χ4v) is 9.42. The van der Waals surface area contributed by atoms with E-state index in [2.05, 4.69) is 41.2 Å². The molecule has 4 rings (SSSR count). The molecule has 4 aliphatic carbocycles. The predicted molar refractivity (Wildman–Crippen MR) is 123 cm³/mol. The van der Waals surface area contributed by atoms with Crippen molar-refractivity contribution in [3.8, 4) is 0 Å². The highest BCUT2D eigenvalue weighted by Crippen LogP contribution is 2.68. The number of rotatable bonds is 5. The van der Waals surface area contributed by atoms with Crippen LogP contribution in [-0.4, -0.2) is 5.78 Å². The molecule has 29 heavy (non-hydrogen) atoms. The third kappa shape index (κ3) is 3.47. The fraction of sp³-hybridized carbons (Fsp3) is 0.893. The minimum absolute atomic E-state index is 0.313. The van der Waals surface area contributed by atoms with Gasteiger partial charge in [0.2, 0.25) is 0 Å². The summed E-state index contributed by atoms with van der Waals surface area (Å²) in [5.74, 6) is 6.07. The van der Waals surface area contributed by atoms with Gasteiger partial charge in [-0.25, -0.2) is 0 Å². The minimum Gasteiger partial charge on any atom is -0.299 e. The molecule has 1 heteroatoms. The van der Waals surface area contributed by atoms with E-state index in [0.29, 0.717) is 28.4 Å². The van der Waals surface area contributed by atoms with Gasteiger partial charge in [0.05, 0.1) is 0 Å². The van der Waals surface area contributed by atoms with E-state index in [-0.39, 0.29) is 0 Å². The number of ketones is 1. The molecule has 0 amide bonds. The van der Waals surface area contributed by atoms with Gasteiger partial charge in [-0.1, -0.05) is 39.7 Å². The quantitative estimate of drug-likeness (QED) is 0.431.